The quantitative estimate of drug-likeness (QED) is 0.434. The van der Waals surface area contributed by atoms with Gasteiger partial charge in [0.05, 0.1) is 28.7 Å². The molecule has 194 valence electrons. The number of aromatic nitrogens is 1. The Hall–Kier alpha value is -3.39. The van der Waals surface area contributed by atoms with Crippen LogP contribution < -0.4 is 9.80 Å². The number of piperazine rings is 1. The number of carbonyl (C=O) groups is 2. The number of amides is 1. The first kappa shape index (κ1) is 25.3. The molecule has 0 radical (unpaired) electrons. The zero-order valence-electron chi connectivity index (χ0n) is 21.6. The maximum Gasteiger partial charge on any atom is 0.310 e. The van der Waals surface area contributed by atoms with E-state index < -0.39 is 0 Å². The largest absolute Gasteiger partial charge is 0.466 e. The highest BCUT2D eigenvalue weighted by Crippen LogP contribution is 2.31. The second kappa shape index (κ2) is 11.3. The van der Waals surface area contributed by atoms with Crippen molar-refractivity contribution in [3.8, 4) is 10.6 Å². The predicted octanol–water partition coefficient (Wildman–Crippen LogP) is 4.86. The predicted molar refractivity (Wildman–Crippen MR) is 148 cm³/mol. The SMILES string of the molecule is CCOC(=O)C1CCCN(c2nc(-c3cccs3)ccc2C(=O)N2CCN(c3ccc(C)cc3)CC2)C1. The number of hydrogen-bond acceptors (Lipinski definition) is 7. The van der Waals surface area contributed by atoms with E-state index in [4.69, 9.17) is 9.72 Å². The van der Waals surface area contributed by atoms with Gasteiger partial charge in [-0.2, -0.15) is 0 Å². The van der Waals surface area contributed by atoms with Gasteiger partial charge in [-0.05, 0) is 62.4 Å². The molecule has 3 aromatic rings. The topological polar surface area (TPSA) is 66.0 Å². The van der Waals surface area contributed by atoms with E-state index in [1.54, 1.807) is 11.3 Å². The molecule has 1 aromatic carbocycles. The smallest absolute Gasteiger partial charge is 0.310 e. The van der Waals surface area contributed by atoms with E-state index in [-0.39, 0.29) is 17.8 Å². The van der Waals surface area contributed by atoms with Gasteiger partial charge in [0.15, 0.2) is 0 Å². The molecule has 2 saturated heterocycles. The lowest BCUT2D eigenvalue weighted by molar-refractivity contribution is -0.148. The maximum atomic E-state index is 13.8. The van der Waals surface area contributed by atoms with Crippen LogP contribution in [0.3, 0.4) is 0 Å². The summed E-state index contributed by atoms with van der Waals surface area (Å²) in [5, 5.41) is 2.03. The summed E-state index contributed by atoms with van der Waals surface area (Å²) < 4.78 is 5.31. The summed E-state index contributed by atoms with van der Waals surface area (Å²) in [6, 6.07) is 16.5. The van der Waals surface area contributed by atoms with Crippen molar-refractivity contribution in [2.24, 2.45) is 5.92 Å². The normalized spacial score (nSPS) is 18.1. The summed E-state index contributed by atoms with van der Waals surface area (Å²) >= 11 is 1.63. The number of thiophene rings is 1. The Morgan fingerprint density at radius 2 is 1.78 bits per heavy atom. The number of aryl methyl sites for hydroxylation is 1. The van der Waals surface area contributed by atoms with Gasteiger partial charge in [-0.1, -0.05) is 23.8 Å². The van der Waals surface area contributed by atoms with E-state index in [1.807, 2.05) is 41.5 Å². The minimum absolute atomic E-state index is 0.00189. The molecule has 0 bridgehead atoms. The van der Waals surface area contributed by atoms with Gasteiger partial charge in [-0.25, -0.2) is 4.98 Å². The summed E-state index contributed by atoms with van der Waals surface area (Å²) in [5.74, 6) is 0.302. The van der Waals surface area contributed by atoms with E-state index in [0.717, 1.165) is 43.0 Å². The second-order valence-corrected chi connectivity index (χ2v) is 10.6. The van der Waals surface area contributed by atoms with Gasteiger partial charge in [-0.15, -0.1) is 11.3 Å². The zero-order valence-corrected chi connectivity index (χ0v) is 22.4. The molecule has 2 fully saturated rings. The molecule has 37 heavy (non-hydrogen) atoms. The molecule has 0 saturated carbocycles. The number of esters is 1. The van der Waals surface area contributed by atoms with Gasteiger partial charge in [0.2, 0.25) is 0 Å². The number of anilines is 2. The van der Waals surface area contributed by atoms with E-state index in [1.165, 1.54) is 11.3 Å². The van der Waals surface area contributed by atoms with Crippen molar-refractivity contribution in [3.63, 3.8) is 0 Å². The van der Waals surface area contributed by atoms with Gasteiger partial charge < -0.3 is 19.4 Å². The molecule has 0 spiro atoms. The number of rotatable bonds is 6. The minimum atomic E-state index is -0.207. The molecule has 2 aliphatic heterocycles. The highest BCUT2D eigenvalue weighted by molar-refractivity contribution is 7.13. The second-order valence-electron chi connectivity index (χ2n) is 9.70. The molecule has 0 aliphatic carbocycles. The van der Waals surface area contributed by atoms with Crippen molar-refractivity contribution in [3.05, 3.63) is 65.0 Å². The van der Waals surface area contributed by atoms with Crippen molar-refractivity contribution >= 4 is 34.7 Å². The molecule has 7 nitrogen and oxygen atoms in total. The number of carbonyl (C=O) groups excluding carboxylic acids is 2. The summed E-state index contributed by atoms with van der Waals surface area (Å²) in [5.41, 5.74) is 3.89. The molecule has 1 atom stereocenters. The molecule has 2 aromatic heterocycles. The van der Waals surface area contributed by atoms with Crippen LogP contribution in [0, 0.1) is 12.8 Å². The van der Waals surface area contributed by atoms with Gasteiger partial charge >= 0.3 is 5.97 Å². The van der Waals surface area contributed by atoms with Crippen LogP contribution in [0.4, 0.5) is 11.5 Å². The van der Waals surface area contributed by atoms with Crippen LogP contribution in [0.5, 0.6) is 0 Å². The van der Waals surface area contributed by atoms with Crippen molar-refractivity contribution in [1.29, 1.82) is 0 Å². The first-order valence-corrected chi connectivity index (χ1v) is 14.0. The molecule has 8 heteroatoms. The molecule has 2 aliphatic rings. The van der Waals surface area contributed by atoms with Gasteiger partial charge in [0, 0.05) is 45.0 Å². The number of ether oxygens (including phenoxy) is 1. The molecule has 4 heterocycles. The summed E-state index contributed by atoms with van der Waals surface area (Å²) in [6.07, 6.45) is 1.65. The third-order valence-corrected chi connectivity index (χ3v) is 8.08. The molecular formula is C29H34N4O3S. The maximum absolute atomic E-state index is 13.8. The molecule has 5 rings (SSSR count). The standard InChI is InChI=1S/C29H34N4O3S/c1-3-36-29(35)22-6-4-14-33(20-22)27-24(12-13-25(30-27)26-7-5-19-37-26)28(34)32-17-15-31(16-18-32)23-10-8-21(2)9-11-23/h5,7-13,19,22H,3-4,6,14-18,20H2,1-2H3. The van der Waals surface area contributed by atoms with Crippen molar-refractivity contribution in [2.75, 3.05) is 55.7 Å². The Bertz CT molecular complexity index is 1220. The van der Waals surface area contributed by atoms with E-state index in [2.05, 4.69) is 41.0 Å². The number of hydrogen-bond donors (Lipinski definition) is 0. The highest BCUT2D eigenvalue weighted by Gasteiger charge is 2.32. The van der Waals surface area contributed by atoms with E-state index >= 15 is 0 Å². The van der Waals surface area contributed by atoms with Crippen molar-refractivity contribution in [1.82, 2.24) is 9.88 Å². The van der Waals surface area contributed by atoms with Crippen LogP contribution in [0.1, 0.15) is 35.7 Å². The van der Waals surface area contributed by atoms with Crippen LogP contribution in [-0.4, -0.2) is 67.6 Å². The number of nitrogens with zero attached hydrogens (tertiary/aromatic N) is 4. The molecule has 1 amide bonds. The van der Waals surface area contributed by atoms with Crippen LogP contribution in [0.2, 0.25) is 0 Å². The van der Waals surface area contributed by atoms with E-state index in [9.17, 15) is 9.59 Å². The third-order valence-electron chi connectivity index (χ3n) is 7.19. The Balaban J connectivity index is 1.38. The van der Waals surface area contributed by atoms with E-state index in [0.29, 0.717) is 37.6 Å². The lowest BCUT2D eigenvalue weighted by Crippen LogP contribution is -2.49. The van der Waals surface area contributed by atoms with Gasteiger partial charge in [0.25, 0.3) is 5.91 Å². The van der Waals surface area contributed by atoms with Gasteiger partial charge in [0.1, 0.15) is 5.82 Å². The number of benzene rings is 1. The van der Waals surface area contributed by atoms with Crippen LogP contribution >= 0.6 is 11.3 Å². The minimum Gasteiger partial charge on any atom is -0.466 e. The van der Waals surface area contributed by atoms with Crippen LogP contribution in [0.15, 0.2) is 53.9 Å². The average Bonchev–Trinajstić information content (AvgIpc) is 3.48. The number of piperidine rings is 1. The fourth-order valence-corrected chi connectivity index (χ4v) is 5.83. The monoisotopic (exact) mass is 518 g/mol. The summed E-state index contributed by atoms with van der Waals surface area (Å²) in [7, 11) is 0. The average molecular weight is 519 g/mol. The lowest BCUT2D eigenvalue weighted by Gasteiger charge is -2.37. The Labute approximate surface area is 222 Å². The fourth-order valence-electron chi connectivity index (χ4n) is 5.13. The lowest BCUT2D eigenvalue weighted by atomic mass is 9.97. The van der Waals surface area contributed by atoms with Gasteiger partial charge in [-0.3, -0.25) is 9.59 Å². The first-order chi connectivity index (χ1) is 18.0. The fraction of sp³-hybridized carbons (Fsp3) is 0.414. The third kappa shape index (κ3) is 5.64. The highest BCUT2D eigenvalue weighted by atomic mass is 32.1. The van der Waals surface area contributed by atoms with Crippen LogP contribution in [-0.2, 0) is 9.53 Å². The molecule has 1 unspecified atom stereocenters. The first-order valence-electron chi connectivity index (χ1n) is 13.1. The molecule has 0 N–H and O–H groups in total. The Morgan fingerprint density at radius 1 is 1.00 bits per heavy atom. The number of pyridine rings is 1. The zero-order chi connectivity index (χ0) is 25.8. The van der Waals surface area contributed by atoms with Crippen LogP contribution in [0.25, 0.3) is 10.6 Å². The Morgan fingerprint density at radius 3 is 2.49 bits per heavy atom. The summed E-state index contributed by atoms with van der Waals surface area (Å²) in [4.78, 5) is 38.8. The van der Waals surface area contributed by atoms with Crippen molar-refractivity contribution in [2.45, 2.75) is 26.7 Å². The summed E-state index contributed by atoms with van der Waals surface area (Å²) in [6.45, 7) is 8.47. The molecular weight excluding hydrogens is 484 g/mol. The Kier molecular flexibility index (Phi) is 7.74. The van der Waals surface area contributed by atoms with Crippen molar-refractivity contribution < 1.29 is 14.3 Å².